The number of thioether (sulfide) groups is 1. The third-order valence-electron chi connectivity index (χ3n) is 2.89. The number of primary sulfonamides is 1. The monoisotopic (exact) mass is 370 g/mol. The van der Waals surface area contributed by atoms with Crippen LogP contribution in [0.1, 0.15) is 6.42 Å². The van der Waals surface area contributed by atoms with Gasteiger partial charge in [-0.3, -0.25) is 4.79 Å². The first-order valence-electron chi connectivity index (χ1n) is 6.66. The van der Waals surface area contributed by atoms with Gasteiger partial charge in [-0.15, -0.1) is 11.8 Å². The molecule has 0 saturated heterocycles. The zero-order chi connectivity index (χ0) is 16.9. The van der Waals surface area contributed by atoms with E-state index in [9.17, 15) is 13.2 Å². The van der Waals surface area contributed by atoms with E-state index in [2.05, 4.69) is 5.32 Å². The standard InChI is InChI=1S/C15H15ClN2O3S2/c16-13-3-1-2-4-14(13)22-10-9-15(19)18-11-5-7-12(8-6-11)23(17,20)21/h1-8H,9-10H2,(H,18,19)(H2,17,20,21). The van der Waals surface area contributed by atoms with Crippen LogP contribution in [0.25, 0.3) is 0 Å². The van der Waals surface area contributed by atoms with Gasteiger partial charge in [0.25, 0.3) is 0 Å². The Kier molecular flexibility index (Phi) is 6.06. The average molecular weight is 371 g/mol. The largest absolute Gasteiger partial charge is 0.326 e. The molecule has 0 aliphatic rings. The van der Waals surface area contributed by atoms with E-state index in [1.165, 1.54) is 36.0 Å². The van der Waals surface area contributed by atoms with Crippen LogP contribution in [0.15, 0.2) is 58.3 Å². The summed E-state index contributed by atoms with van der Waals surface area (Å²) in [6, 6.07) is 13.1. The van der Waals surface area contributed by atoms with Gasteiger partial charge in [-0.2, -0.15) is 0 Å². The average Bonchev–Trinajstić information content (AvgIpc) is 2.49. The molecule has 122 valence electrons. The van der Waals surface area contributed by atoms with Gasteiger partial charge >= 0.3 is 0 Å². The molecule has 0 fully saturated rings. The summed E-state index contributed by atoms with van der Waals surface area (Å²) in [6.45, 7) is 0. The lowest BCUT2D eigenvalue weighted by Crippen LogP contribution is -2.14. The quantitative estimate of drug-likeness (QED) is 0.764. The van der Waals surface area contributed by atoms with Crippen molar-refractivity contribution in [3.8, 4) is 0 Å². The van der Waals surface area contributed by atoms with E-state index in [-0.39, 0.29) is 10.8 Å². The number of carbonyl (C=O) groups is 1. The van der Waals surface area contributed by atoms with Crippen LogP contribution in [-0.2, 0) is 14.8 Å². The number of amides is 1. The molecule has 0 unspecified atom stereocenters. The molecule has 0 aliphatic heterocycles. The summed E-state index contributed by atoms with van der Waals surface area (Å²) in [5.74, 6) is 0.429. The molecule has 0 radical (unpaired) electrons. The molecule has 0 aliphatic carbocycles. The van der Waals surface area contributed by atoms with Crippen LogP contribution in [-0.4, -0.2) is 20.1 Å². The predicted molar refractivity (Wildman–Crippen MR) is 93.2 cm³/mol. The molecule has 3 N–H and O–H groups in total. The van der Waals surface area contributed by atoms with Gasteiger partial charge in [-0.05, 0) is 36.4 Å². The molecule has 0 heterocycles. The number of sulfonamides is 1. The molecule has 2 aromatic rings. The SMILES string of the molecule is NS(=O)(=O)c1ccc(NC(=O)CCSc2ccccc2Cl)cc1. The maximum atomic E-state index is 11.9. The molecule has 0 aromatic heterocycles. The summed E-state index contributed by atoms with van der Waals surface area (Å²) in [5.41, 5.74) is 0.519. The summed E-state index contributed by atoms with van der Waals surface area (Å²) in [4.78, 5) is 12.8. The number of carbonyl (C=O) groups excluding carboxylic acids is 1. The number of hydrogen-bond donors (Lipinski definition) is 2. The maximum absolute atomic E-state index is 11.9. The second kappa shape index (κ2) is 7.83. The third kappa shape index (κ3) is 5.54. The van der Waals surface area contributed by atoms with Crippen molar-refractivity contribution < 1.29 is 13.2 Å². The minimum Gasteiger partial charge on any atom is -0.326 e. The number of benzene rings is 2. The van der Waals surface area contributed by atoms with Crippen LogP contribution < -0.4 is 10.5 Å². The Labute approximate surface area is 144 Å². The molecule has 23 heavy (non-hydrogen) atoms. The van der Waals surface area contributed by atoms with Crippen molar-refractivity contribution in [1.29, 1.82) is 0 Å². The molecular formula is C15H15ClN2O3S2. The molecule has 0 saturated carbocycles. The molecule has 0 spiro atoms. The lowest BCUT2D eigenvalue weighted by molar-refractivity contribution is -0.115. The number of nitrogens with two attached hydrogens (primary N) is 1. The summed E-state index contributed by atoms with van der Waals surface area (Å²) in [7, 11) is -3.73. The fourth-order valence-electron chi connectivity index (χ4n) is 1.77. The summed E-state index contributed by atoms with van der Waals surface area (Å²) >= 11 is 7.54. The van der Waals surface area contributed by atoms with Crippen molar-refractivity contribution in [2.45, 2.75) is 16.2 Å². The molecule has 5 nitrogen and oxygen atoms in total. The van der Waals surface area contributed by atoms with E-state index in [0.29, 0.717) is 22.9 Å². The number of hydrogen-bond acceptors (Lipinski definition) is 4. The highest BCUT2D eigenvalue weighted by Gasteiger charge is 2.08. The van der Waals surface area contributed by atoms with E-state index in [4.69, 9.17) is 16.7 Å². The van der Waals surface area contributed by atoms with Crippen molar-refractivity contribution in [2.24, 2.45) is 5.14 Å². The second-order valence-corrected chi connectivity index (χ2v) is 7.75. The van der Waals surface area contributed by atoms with Gasteiger partial charge in [0, 0.05) is 22.8 Å². The minimum atomic E-state index is -3.73. The van der Waals surface area contributed by atoms with E-state index < -0.39 is 10.0 Å². The summed E-state index contributed by atoms with van der Waals surface area (Å²) in [5, 5.41) is 8.38. The van der Waals surface area contributed by atoms with Gasteiger partial charge < -0.3 is 5.32 Å². The molecule has 2 rings (SSSR count). The van der Waals surface area contributed by atoms with Gasteiger partial charge in [0.05, 0.1) is 9.92 Å². The van der Waals surface area contributed by atoms with Crippen molar-refractivity contribution >= 4 is 45.0 Å². The van der Waals surface area contributed by atoms with Crippen LogP contribution in [0.2, 0.25) is 5.02 Å². The number of rotatable bonds is 6. The van der Waals surface area contributed by atoms with Crippen molar-refractivity contribution in [1.82, 2.24) is 0 Å². The normalized spacial score (nSPS) is 11.2. The highest BCUT2D eigenvalue weighted by Crippen LogP contribution is 2.27. The van der Waals surface area contributed by atoms with Crippen LogP contribution in [0.3, 0.4) is 0 Å². The second-order valence-electron chi connectivity index (χ2n) is 4.65. The van der Waals surface area contributed by atoms with Gasteiger partial charge in [0.15, 0.2) is 0 Å². The van der Waals surface area contributed by atoms with Crippen molar-refractivity contribution in [3.63, 3.8) is 0 Å². The molecule has 8 heteroatoms. The fourth-order valence-corrected chi connectivity index (χ4v) is 3.47. The van der Waals surface area contributed by atoms with E-state index in [1.54, 1.807) is 6.07 Å². The Morgan fingerprint density at radius 1 is 1.13 bits per heavy atom. The minimum absolute atomic E-state index is 0.00442. The number of halogens is 1. The van der Waals surface area contributed by atoms with Crippen LogP contribution in [0.4, 0.5) is 5.69 Å². The molecular weight excluding hydrogens is 356 g/mol. The lowest BCUT2D eigenvalue weighted by atomic mass is 10.3. The first-order valence-corrected chi connectivity index (χ1v) is 9.57. The van der Waals surface area contributed by atoms with Gasteiger partial charge in [0.2, 0.25) is 15.9 Å². The van der Waals surface area contributed by atoms with E-state index in [0.717, 1.165) is 4.90 Å². The van der Waals surface area contributed by atoms with Crippen molar-refractivity contribution in [2.75, 3.05) is 11.1 Å². The first-order chi connectivity index (χ1) is 10.9. The van der Waals surface area contributed by atoms with Crippen LogP contribution in [0.5, 0.6) is 0 Å². The topological polar surface area (TPSA) is 89.3 Å². The smallest absolute Gasteiger partial charge is 0.238 e. The zero-order valence-corrected chi connectivity index (χ0v) is 14.4. The Morgan fingerprint density at radius 2 is 1.78 bits per heavy atom. The Hall–Kier alpha value is -1.54. The maximum Gasteiger partial charge on any atom is 0.238 e. The van der Waals surface area contributed by atoms with Crippen molar-refractivity contribution in [3.05, 3.63) is 53.6 Å². The van der Waals surface area contributed by atoms with E-state index in [1.807, 2.05) is 18.2 Å². The highest BCUT2D eigenvalue weighted by molar-refractivity contribution is 7.99. The summed E-state index contributed by atoms with van der Waals surface area (Å²) < 4.78 is 22.3. The van der Waals surface area contributed by atoms with Crippen LogP contribution >= 0.6 is 23.4 Å². The predicted octanol–water partition coefficient (Wildman–Crippen LogP) is 3.11. The highest BCUT2D eigenvalue weighted by atomic mass is 35.5. The summed E-state index contributed by atoms with van der Waals surface area (Å²) in [6.07, 6.45) is 0.312. The Balaban J connectivity index is 1.84. The van der Waals surface area contributed by atoms with Gasteiger partial charge in [0.1, 0.15) is 0 Å². The van der Waals surface area contributed by atoms with E-state index >= 15 is 0 Å². The third-order valence-corrected chi connectivity index (χ3v) is 5.34. The number of anilines is 1. The van der Waals surface area contributed by atoms with Gasteiger partial charge in [-0.25, -0.2) is 13.6 Å². The van der Waals surface area contributed by atoms with Gasteiger partial charge in [-0.1, -0.05) is 23.7 Å². The fraction of sp³-hybridized carbons (Fsp3) is 0.133. The zero-order valence-electron chi connectivity index (χ0n) is 12.0. The molecule has 1 amide bonds. The lowest BCUT2D eigenvalue weighted by Gasteiger charge is -2.06. The molecule has 0 atom stereocenters. The first kappa shape index (κ1) is 17.8. The molecule has 0 bridgehead atoms. The Bertz CT molecular complexity index is 793. The molecule has 2 aromatic carbocycles. The number of nitrogens with one attached hydrogen (secondary N) is 1. The Morgan fingerprint density at radius 3 is 2.39 bits per heavy atom. The van der Waals surface area contributed by atoms with Crippen LogP contribution in [0, 0.1) is 0 Å².